The van der Waals surface area contributed by atoms with Gasteiger partial charge in [0.1, 0.15) is 11.4 Å². The van der Waals surface area contributed by atoms with Crippen molar-refractivity contribution in [1.82, 2.24) is 19.7 Å². The van der Waals surface area contributed by atoms with E-state index in [1.165, 1.54) is 24.6 Å². The first-order valence-corrected chi connectivity index (χ1v) is 10.9. The van der Waals surface area contributed by atoms with Crippen molar-refractivity contribution >= 4 is 23.3 Å². The highest BCUT2D eigenvalue weighted by atomic mass is 19.3. The number of ether oxygens (including phenoxy) is 1. The lowest BCUT2D eigenvalue weighted by Gasteiger charge is -2.19. The quantitative estimate of drug-likeness (QED) is 0.294. The van der Waals surface area contributed by atoms with E-state index >= 15 is 0 Å². The molecule has 35 heavy (non-hydrogen) atoms. The number of hydrogen-bond acceptors (Lipinski definition) is 6. The van der Waals surface area contributed by atoms with Crippen LogP contribution >= 0.6 is 0 Å². The second-order valence-electron chi connectivity index (χ2n) is 7.60. The van der Waals surface area contributed by atoms with Gasteiger partial charge in [-0.15, -0.1) is 5.10 Å². The Bertz CT molecular complexity index is 1360. The normalized spacial score (nSPS) is 10.3. The fraction of sp³-hybridized carbons (Fsp3) is 0.231. The number of para-hydroxylation sites is 1. The largest absolute Gasteiger partial charge is 0.433 e. The van der Waals surface area contributed by atoms with Crippen LogP contribution in [0.3, 0.4) is 0 Å². The van der Waals surface area contributed by atoms with E-state index in [1.54, 1.807) is 60.1 Å². The zero-order valence-electron chi connectivity index (χ0n) is 19.9. The molecule has 0 saturated heterocycles. The highest BCUT2D eigenvalue weighted by Crippen LogP contribution is 2.35. The third-order valence-electron chi connectivity index (χ3n) is 4.54. The van der Waals surface area contributed by atoms with Crippen LogP contribution in [0.4, 0.5) is 14.7 Å². The van der Waals surface area contributed by atoms with Crippen molar-refractivity contribution in [3.8, 4) is 23.3 Å². The van der Waals surface area contributed by atoms with Crippen LogP contribution in [0.5, 0.6) is 5.75 Å². The van der Waals surface area contributed by atoms with Gasteiger partial charge in [-0.2, -0.15) is 13.9 Å². The summed E-state index contributed by atoms with van der Waals surface area (Å²) < 4.78 is 32.5. The topological polar surface area (TPSA) is 73.1 Å². The van der Waals surface area contributed by atoms with Crippen molar-refractivity contribution in [2.45, 2.75) is 26.9 Å². The summed E-state index contributed by atoms with van der Waals surface area (Å²) in [6, 6.07) is 13.2. The fourth-order valence-electron chi connectivity index (χ4n) is 3.23. The molecule has 4 rings (SSSR count). The molecule has 180 valence electrons. The number of carbonyl (C=O) groups is 1. The summed E-state index contributed by atoms with van der Waals surface area (Å²) in [5, 5.41) is 7.73. The van der Waals surface area contributed by atoms with Gasteiger partial charge in [0.05, 0.1) is 11.0 Å². The number of fused-ring (bicyclic) bond motifs is 1. The Kier molecular flexibility index (Phi) is 8.46. The lowest BCUT2D eigenvalue weighted by atomic mass is 10.1. The Labute approximate surface area is 202 Å². The second-order valence-corrected chi connectivity index (χ2v) is 7.60. The van der Waals surface area contributed by atoms with Crippen LogP contribution in [0.15, 0.2) is 54.7 Å². The number of rotatable bonds is 5. The molecule has 0 aliphatic carbocycles. The highest BCUT2D eigenvalue weighted by Gasteiger charge is 2.22. The van der Waals surface area contributed by atoms with E-state index in [2.05, 4.69) is 40.9 Å². The highest BCUT2D eigenvalue weighted by molar-refractivity contribution is 5.89. The zero-order chi connectivity index (χ0) is 25.4. The van der Waals surface area contributed by atoms with Crippen LogP contribution in [0.1, 0.15) is 41.9 Å². The molecule has 2 aromatic carbocycles. The summed E-state index contributed by atoms with van der Waals surface area (Å²) in [5.41, 5.74) is 2.69. The summed E-state index contributed by atoms with van der Waals surface area (Å²) in [6.45, 7) is 1.20. The number of nitrogens with zero attached hydrogens (tertiary/aromatic N) is 5. The number of hydrogen-bond donors (Lipinski definition) is 0. The Morgan fingerprint density at radius 1 is 1.11 bits per heavy atom. The van der Waals surface area contributed by atoms with Gasteiger partial charge in [0.25, 0.3) is 0 Å². The number of aromatic nitrogens is 4. The van der Waals surface area contributed by atoms with Crippen molar-refractivity contribution in [3.05, 3.63) is 71.5 Å². The number of benzene rings is 2. The first-order chi connectivity index (χ1) is 16.9. The molecule has 2 aromatic heterocycles. The number of alkyl halides is 2. The lowest BCUT2D eigenvalue weighted by molar-refractivity contribution is -0.0498. The van der Waals surface area contributed by atoms with Crippen LogP contribution < -0.4 is 9.64 Å². The predicted octanol–water partition coefficient (Wildman–Crippen LogP) is 5.11. The van der Waals surface area contributed by atoms with E-state index in [9.17, 15) is 13.6 Å². The maximum Gasteiger partial charge on any atom is 0.387 e. The summed E-state index contributed by atoms with van der Waals surface area (Å²) in [6.07, 6.45) is 3.40. The molecule has 0 aliphatic heterocycles. The van der Waals surface area contributed by atoms with E-state index in [1.807, 2.05) is 0 Å². The number of anilines is 1. The van der Waals surface area contributed by atoms with Gasteiger partial charge in [-0.3, -0.25) is 9.36 Å². The molecule has 0 radical (unpaired) electrons. The van der Waals surface area contributed by atoms with Crippen molar-refractivity contribution in [2.24, 2.45) is 0 Å². The summed E-state index contributed by atoms with van der Waals surface area (Å²) in [7, 11) is 3.54. The smallest absolute Gasteiger partial charge is 0.387 e. The number of halogens is 2. The maximum atomic E-state index is 13.1. The van der Waals surface area contributed by atoms with Crippen LogP contribution in [-0.2, 0) is 0 Å². The minimum atomic E-state index is -3.05. The van der Waals surface area contributed by atoms with Crippen LogP contribution in [0.25, 0.3) is 16.7 Å². The van der Waals surface area contributed by atoms with E-state index in [0.29, 0.717) is 34.5 Å². The van der Waals surface area contributed by atoms with Crippen LogP contribution in [0.2, 0.25) is 0 Å². The van der Waals surface area contributed by atoms with Crippen LogP contribution in [0, 0.1) is 11.8 Å². The Balaban J connectivity index is 0.00000108. The molecule has 0 fully saturated rings. The molecule has 7 nitrogen and oxygen atoms in total. The number of aldehydes is 1. The van der Waals surface area contributed by atoms with Gasteiger partial charge in [-0.25, -0.2) is 4.98 Å². The Hall–Kier alpha value is -4.32. The third kappa shape index (κ3) is 5.98. The average Bonchev–Trinajstić information content (AvgIpc) is 3.22. The first kappa shape index (κ1) is 25.3. The Morgan fingerprint density at radius 2 is 1.89 bits per heavy atom. The summed E-state index contributed by atoms with van der Waals surface area (Å²) >= 11 is 0. The van der Waals surface area contributed by atoms with Gasteiger partial charge in [0.15, 0.2) is 12.0 Å². The minimum Gasteiger partial charge on any atom is -0.433 e. The van der Waals surface area contributed by atoms with Crippen molar-refractivity contribution in [1.29, 1.82) is 0 Å². The zero-order valence-corrected chi connectivity index (χ0v) is 19.9. The SMILES string of the molecule is CCC.CN(C)c1nc2ccc(C#Cc3cccnn3)cc2n1-c1c(C=O)cccc1OC(F)F. The van der Waals surface area contributed by atoms with E-state index < -0.39 is 6.61 Å². The standard InChI is InChI=1S/C23H17F2N5O2.C3H8/c1-29(2)23-27-18-11-9-15(8-10-17-6-4-12-26-28-17)13-19(18)30(23)21-16(14-31)5-3-7-20(21)32-22(24)25;1-3-2/h3-7,9,11-14,22H,1-2H3;3H2,1-2H3. The van der Waals surface area contributed by atoms with Crippen molar-refractivity contribution in [3.63, 3.8) is 0 Å². The lowest BCUT2D eigenvalue weighted by Crippen LogP contribution is -2.16. The maximum absolute atomic E-state index is 13.1. The monoisotopic (exact) mass is 477 g/mol. The molecular formula is C26H25F2N5O2. The molecule has 0 unspecified atom stereocenters. The second kappa shape index (κ2) is 11.7. The number of carbonyl (C=O) groups excluding carboxylic acids is 1. The number of imidazole rings is 1. The summed E-state index contributed by atoms with van der Waals surface area (Å²) in [4.78, 5) is 18.1. The minimum absolute atomic E-state index is 0.136. The molecule has 0 spiro atoms. The molecular weight excluding hydrogens is 452 g/mol. The third-order valence-corrected chi connectivity index (χ3v) is 4.54. The Morgan fingerprint density at radius 3 is 2.51 bits per heavy atom. The van der Waals surface area contributed by atoms with Gasteiger partial charge < -0.3 is 9.64 Å². The molecule has 2 heterocycles. The first-order valence-electron chi connectivity index (χ1n) is 10.9. The molecule has 0 atom stereocenters. The molecule has 0 N–H and O–H groups in total. The van der Waals surface area contributed by atoms with Crippen LogP contribution in [-0.4, -0.2) is 46.7 Å². The summed E-state index contributed by atoms with van der Waals surface area (Å²) in [5.74, 6) is 6.25. The van der Waals surface area contributed by atoms with Crippen molar-refractivity contribution < 1.29 is 18.3 Å². The molecule has 0 saturated carbocycles. The van der Waals surface area contributed by atoms with Gasteiger partial charge in [0.2, 0.25) is 5.95 Å². The molecule has 0 amide bonds. The van der Waals surface area contributed by atoms with E-state index in [0.717, 1.165) is 0 Å². The van der Waals surface area contributed by atoms with Crippen molar-refractivity contribution in [2.75, 3.05) is 19.0 Å². The molecule has 0 bridgehead atoms. The predicted molar refractivity (Wildman–Crippen MR) is 131 cm³/mol. The average molecular weight is 478 g/mol. The fourth-order valence-corrected chi connectivity index (χ4v) is 3.23. The van der Waals surface area contributed by atoms with Gasteiger partial charge in [-0.05, 0) is 48.4 Å². The van der Waals surface area contributed by atoms with Gasteiger partial charge >= 0.3 is 6.61 Å². The van der Waals surface area contributed by atoms with E-state index in [4.69, 9.17) is 4.74 Å². The molecule has 9 heteroatoms. The van der Waals surface area contributed by atoms with E-state index in [-0.39, 0.29) is 17.0 Å². The molecule has 0 aliphatic rings. The van der Waals surface area contributed by atoms with Gasteiger partial charge in [-0.1, -0.05) is 32.3 Å². The molecule has 4 aromatic rings. The van der Waals surface area contributed by atoms with Gasteiger partial charge in [0, 0.05) is 31.4 Å².